The molecule has 0 bridgehead atoms. The molecule has 1 N–H and O–H groups in total. The van der Waals surface area contributed by atoms with Crippen LogP contribution in [0.4, 0.5) is 0 Å². The van der Waals surface area contributed by atoms with Gasteiger partial charge >= 0.3 is 5.97 Å². The van der Waals surface area contributed by atoms with Crippen molar-refractivity contribution in [3.63, 3.8) is 0 Å². The van der Waals surface area contributed by atoms with Gasteiger partial charge in [-0.25, -0.2) is 4.98 Å². The number of para-hydroxylation sites is 2. The number of fused-ring (bicyclic) bond motifs is 3. The first-order valence-electron chi connectivity index (χ1n) is 5.07. The first-order chi connectivity index (χ1) is 8.16. The van der Waals surface area contributed by atoms with Crippen LogP contribution in [-0.2, 0) is 4.79 Å². The first-order valence-corrected chi connectivity index (χ1v) is 5.95. The van der Waals surface area contributed by atoms with Crippen molar-refractivity contribution in [1.82, 2.24) is 9.55 Å². The summed E-state index contributed by atoms with van der Waals surface area (Å²) >= 11 is 1.22. The molecule has 0 saturated carbocycles. The lowest BCUT2D eigenvalue weighted by atomic mass is 10.2. The van der Waals surface area contributed by atoms with Gasteiger partial charge in [0.2, 0.25) is 5.91 Å². The Labute approximate surface area is 100 Å². The Morgan fingerprint density at radius 1 is 1.47 bits per heavy atom. The fraction of sp³-hybridized carbons (Fsp3) is 0.182. The largest absolute Gasteiger partial charge is 0.481 e. The second-order valence-corrected chi connectivity index (χ2v) is 4.93. The van der Waals surface area contributed by atoms with E-state index < -0.39 is 11.2 Å². The summed E-state index contributed by atoms with van der Waals surface area (Å²) in [5.41, 5.74) is 1.50. The predicted octanol–water partition coefficient (Wildman–Crippen LogP) is 1.63. The summed E-state index contributed by atoms with van der Waals surface area (Å²) in [5, 5.41) is 8.76. The number of carboxylic acid groups (broad SMARTS) is 1. The minimum Gasteiger partial charge on any atom is -0.481 e. The van der Waals surface area contributed by atoms with E-state index in [9.17, 15) is 9.59 Å². The van der Waals surface area contributed by atoms with Crippen LogP contribution in [0.15, 0.2) is 29.4 Å². The van der Waals surface area contributed by atoms with Crippen molar-refractivity contribution in [2.24, 2.45) is 0 Å². The molecule has 17 heavy (non-hydrogen) atoms. The van der Waals surface area contributed by atoms with Crippen LogP contribution in [0.2, 0.25) is 0 Å². The highest BCUT2D eigenvalue weighted by Gasteiger charge is 2.35. The molecule has 1 aromatic carbocycles. The highest BCUT2D eigenvalue weighted by atomic mass is 32.2. The molecule has 0 radical (unpaired) electrons. The lowest BCUT2D eigenvalue weighted by Crippen LogP contribution is -2.20. The number of aliphatic carboxylic acids is 1. The van der Waals surface area contributed by atoms with Crippen LogP contribution in [0.3, 0.4) is 0 Å². The molecule has 1 aliphatic rings. The maximum absolute atomic E-state index is 12.0. The molecular weight excluding hydrogens is 240 g/mol. The normalized spacial score (nSPS) is 18.6. The van der Waals surface area contributed by atoms with Crippen molar-refractivity contribution in [2.75, 3.05) is 0 Å². The SMILES string of the molecule is O=C(O)C[C@H]1Sc2nc3ccccc3n2C1=O. The molecule has 0 spiro atoms. The molecular formula is C11H8N2O3S. The Morgan fingerprint density at radius 2 is 2.24 bits per heavy atom. The molecule has 1 aromatic heterocycles. The first kappa shape index (κ1) is 10.3. The van der Waals surface area contributed by atoms with E-state index in [0.717, 1.165) is 11.0 Å². The Morgan fingerprint density at radius 3 is 3.00 bits per heavy atom. The molecule has 0 aliphatic carbocycles. The summed E-state index contributed by atoms with van der Waals surface area (Å²) in [6.45, 7) is 0. The van der Waals surface area contributed by atoms with E-state index in [-0.39, 0.29) is 12.3 Å². The molecule has 0 unspecified atom stereocenters. The average Bonchev–Trinajstić information content (AvgIpc) is 2.76. The van der Waals surface area contributed by atoms with E-state index >= 15 is 0 Å². The molecule has 5 nitrogen and oxygen atoms in total. The Kier molecular flexibility index (Phi) is 2.19. The number of carboxylic acids is 1. The van der Waals surface area contributed by atoms with Crippen LogP contribution >= 0.6 is 11.8 Å². The van der Waals surface area contributed by atoms with Crippen LogP contribution in [0, 0.1) is 0 Å². The van der Waals surface area contributed by atoms with Gasteiger partial charge in [0.05, 0.1) is 17.5 Å². The lowest BCUT2D eigenvalue weighted by Gasteiger charge is -2.02. The maximum atomic E-state index is 12.0. The van der Waals surface area contributed by atoms with Gasteiger partial charge in [-0.05, 0) is 12.1 Å². The number of rotatable bonds is 2. The number of nitrogens with zero attached hydrogens (tertiary/aromatic N) is 2. The molecule has 2 heterocycles. The Balaban J connectivity index is 2.07. The van der Waals surface area contributed by atoms with Crippen LogP contribution in [0.5, 0.6) is 0 Å². The average molecular weight is 248 g/mol. The summed E-state index contributed by atoms with van der Waals surface area (Å²) in [5.74, 6) is -1.16. The minimum atomic E-state index is -0.967. The van der Waals surface area contributed by atoms with Crippen LogP contribution in [0.1, 0.15) is 11.2 Å². The molecule has 3 rings (SSSR count). The van der Waals surface area contributed by atoms with Gasteiger partial charge in [-0.1, -0.05) is 23.9 Å². The maximum Gasteiger partial charge on any atom is 0.305 e. The third kappa shape index (κ3) is 1.52. The van der Waals surface area contributed by atoms with Crippen LogP contribution in [-0.4, -0.2) is 31.8 Å². The standard InChI is InChI=1S/C11H8N2O3S/c14-9(15)5-8-10(16)13-7-4-2-1-3-6(7)12-11(13)17-8/h1-4,8H,5H2,(H,14,15)/t8-/m1/s1. The number of carbonyl (C=O) groups excluding carboxylic acids is 1. The van der Waals surface area contributed by atoms with Crippen molar-refractivity contribution in [2.45, 2.75) is 16.8 Å². The molecule has 2 aromatic rings. The zero-order valence-corrected chi connectivity index (χ0v) is 9.48. The second-order valence-electron chi connectivity index (χ2n) is 3.76. The summed E-state index contributed by atoms with van der Waals surface area (Å²) in [6.07, 6.45) is -0.165. The van der Waals surface area contributed by atoms with Gasteiger partial charge in [0.1, 0.15) is 5.25 Å². The van der Waals surface area contributed by atoms with Crippen molar-refractivity contribution < 1.29 is 14.7 Å². The van der Waals surface area contributed by atoms with Gasteiger partial charge in [0.15, 0.2) is 5.16 Å². The van der Waals surface area contributed by atoms with Gasteiger partial charge in [0, 0.05) is 0 Å². The van der Waals surface area contributed by atoms with E-state index in [1.165, 1.54) is 16.3 Å². The summed E-state index contributed by atoms with van der Waals surface area (Å²) in [4.78, 5) is 27.0. The van der Waals surface area contributed by atoms with Gasteiger partial charge in [-0.15, -0.1) is 0 Å². The monoisotopic (exact) mass is 248 g/mol. The third-order valence-corrected chi connectivity index (χ3v) is 3.77. The van der Waals surface area contributed by atoms with Crippen molar-refractivity contribution >= 4 is 34.7 Å². The fourth-order valence-corrected chi connectivity index (χ4v) is 3.04. The number of hydrogen-bond donors (Lipinski definition) is 1. The van der Waals surface area contributed by atoms with Gasteiger partial charge in [-0.2, -0.15) is 0 Å². The fourth-order valence-electron chi connectivity index (χ4n) is 1.91. The van der Waals surface area contributed by atoms with E-state index in [0.29, 0.717) is 5.16 Å². The molecule has 1 aliphatic heterocycles. The summed E-state index contributed by atoms with van der Waals surface area (Å²) < 4.78 is 1.51. The van der Waals surface area contributed by atoms with Crippen molar-refractivity contribution in [3.05, 3.63) is 24.3 Å². The predicted molar refractivity (Wildman–Crippen MR) is 62.3 cm³/mol. The van der Waals surface area contributed by atoms with Gasteiger partial charge < -0.3 is 5.11 Å². The zero-order valence-electron chi connectivity index (χ0n) is 8.66. The zero-order chi connectivity index (χ0) is 12.0. The quantitative estimate of drug-likeness (QED) is 0.874. The molecule has 6 heteroatoms. The third-order valence-electron chi connectivity index (χ3n) is 2.63. The smallest absolute Gasteiger partial charge is 0.305 e. The Bertz CT molecular complexity index is 635. The van der Waals surface area contributed by atoms with Crippen molar-refractivity contribution in [3.8, 4) is 0 Å². The van der Waals surface area contributed by atoms with Crippen molar-refractivity contribution in [1.29, 1.82) is 0 Å². The van der Waals surface area contributed by atoms with Crippen LogP contribution in [0.25, 0.3) is 11.0 Å². The number of aromatic nitrogens is 2. The molecule has 1 atom stereocenters. The number of benzene rings is 1. The highest BCUT2D eigenvalue weighted by Crippen LogP contribution is 2.36. The lowest BCUT2D eigenvalue weighted by molar-refractivity contribution is -0.136. The minimum absolute atomic E-state index is 0.165. The summed E-state index contributed by atoms with van der Waals surface area (Å²) in [7, 11) is 0. The number of carbonyl (C=O) groups is 2. The molecule has 0 fully saturated rings. The molecule has 86 valence electrons. The number of imidazole rings is 1. The number of hydrogen-bond acceptors (Lipinski definition) is 4. The van der Waals surface area contributed by atoms with Gasteiger partial charge in [-0.3, -0.25) is 14.2 Å². The van der Waals surface area contributed by atoms with E-state index in [2.05, 4.69) is 4.98 Å². The van der Waals surface area contributed by atoms with E-state index in [1.807, 2.05) is 24.3 Å². The topological polar surface area (TPSA) is 72.2 Å². The molecule has 0 saturated heterocycles. The van der Waals surface area contributed by atoms with E-state index in [1.54, 1.807) is 0 Å². The number of thioether (sulfide) groups is 1. The van der Waals surface area contributed by atoms with Crippen LogP contribution < -0.4 is 0 Å². The highest BCUT2D eigenvalue weighted by molar-refractivity contribution is 8.00. The molecule has 0 amide bonds. The summed E-state index contributed by atoms with van der Waals surface area (Å²) in [6, 6.07) is 7.34. The van der Waals surface area contributed by atoms with Gasteiger partial charge in [0.25, 0.3) is 0 Å². The van der Waals surface area contributed by atoms with E-state index in [4.69, 9.17) is 5.11 Å². The second kappa shape index (κ2) is 3.59. The Hall–Kier alpha value is -1.82.